The molecule has 0 spiro atoms. The molecule has 0 saturated heterocycles. The highest BCUT2D eigenvalue weighted by atomic mass is 35.5. The lowest BCUT2D eigenvalue weighted by molar-refractivity contribution is -0.148. The summed E-state index contributed by atoms with van der Waals surface area (Å²) in [5.74, 6) is -2.67. The zero-order valence-corrected chi connectivity index (χ0v) is 14.5. The van der Waals surface area contributed by atoms with E-state index in [0.29, 0.717) is 6.07 Å². The highest BCUT2D eigenvalue weighted by Gasteiger charge is 2.31. The number of carbonyl (C=O) groups excluding carboxylic acids is 3. The van der Waals surface area contributed by atoms with Gasteiger partial charge in [0, 0.05) is 12.2 Å². The van der Waals surface area contributed by atoms with Gasteiger partial charge in [0.1, 0.15) is 0 Å². The average Bonchev–Trinajstić information content (AvgIpc) is 2.54. The molecule has 0 bridgehead atoms. The Morgan fingerprint density at radius 2 is 1.85 bits per heavy atom. The van der Waals surface area contributed by atoms with Crippen LogP contribution in [0.1, 0.15) is 19.4 Å². The maximum Gasteiger partial charge on any atom is 0.416 e. The second-order valence-corrected chi connectivity index (χ2v) is 5.25. The molecule has 0 fully saturated rings. The van der Waals surface area contributed by atoms with Gasteiger partial charge in [0.2, 0.25) is 0 Å². The Labute approximate surface area is 151 Å². The maximum atomic E-state index is 12.7. The lowest BCUT2D eigenvalue weighted by atomic mass is 10.2. The number of halogens is 4. The Kier molecular flexibility index (Phi) is 7.63. The van der Waals surface area contributed by atoms with Crippen LogP contribution in [-0.4, -0.2) is 30.6 Å². The fourth-order valence-electron chi connectivity index (χ4n) is 1.63. The van der Waals surface area contributed by atoms with Crippen molar-refractivity contribution >= 4 is 35.1 Å². The molecular weight excluding hydrogens is 379 g/mol. The van der Waals surface area contributed by atoms with E-state index in [2.05, 4.69) is 10.1 Å². The third kappa shape index (κ3) is 6.75. The zero-order valence-electron chi connectivity index (χ0n) is 13.7. The van der Waals surface area contributed by atoms with Crippen molar-refractivity contribution in [3.05, 3.63) is 40.9 Å². The van der Waals surface area contributed by atoms with E-state index >= 15 is 0 Å². The van der Waals surface area contributed by atoms with Crippen LogP contribution in [0.3, 0.4) is 0 Å². The molecule has 1 N–H and O–H groups in total. The van der Waals surface area contributed by atoms with Crippen LogP contribution < -0.4 is 5.32 Å². The van der Waals surface area contributed by atoms with E-state index < -0.39 is 35.7 Å². The summed E-state index contributed by atoms with van der Waals surface area (Å²) >= 11 is 5.76. The highest BCUT2D eigenvalue weighted by molar-refractivity contribution is 6.33. The molecule has 1 aromatic rings. The van der Waals surface area contributed by atoms with Gasteiger partial charge >= 0.3 is 18.1 Å². The summed E-state index contributed by atoms with van der Waals surface area (Å²) < 4.78 is 47.4. The molecule has 1 aromatic carbocycles. The van der Waals surface area contributed by atoms with Crippen molar-refractivity contribution in [3.63, 3.8) is 0 Å². The van der Waals surface area contributed by atoms with E-state index in [-0.39, 0.29) is 17.3 Å². The van der Waals surface area contributed by atoms with Gasteiger partial charge in [-0.25, -0.2) is 9.59 Å². The number of hydrogen-bond acceptors (Lipinski definition) is 5. The molecule has 1 rings (SSSR count). The van der Waals surface area contributed by atoms with Crippen molar-refractivity contribution in [2.75, 3.05) is 11.9 Å². The molecule has 0 saturated carbocycles. The van der Waals surface area contributed by atoms with Crippen molar-refractivity contribution < 1.29 is 37.0 Å². The van der Waals surface area contributed by atoms with Gasteiger partial charge in [-0.15, -0.1) is 0 Å². The van der Waals surface area contributed by atoms with E-state index in [0.717, 1.165) is 24.3 Å². The molecule has 0 aliphatic carbocycles. The number of carbonyl (C=O) groups is 3. The summed E-state index contributed by atoms with van der Waals surface area (Å²) in [6, 6.07) is 2.41. The van der Waals surface area contributed by atoms with Crippen molar-refractivity contribution in [1.29, 1.82) is 0 Å². The molecule has 6 nitrogen and oxygen atoms in total. The lowest BCUT2D eigenvalue weighted by Crippen LogP contribution is -2.29. The molecule has 10 heteroatoms. The Hall–Kier alpha value is -2.55. The summed E-state index contributed by atoms with van der Waals surface area (Å²) in [7, 11) is 0. The van der Waals surface area contributed by atoms with Crippen LogP contribution in [0.15, 0.2) is 30.4 Å². The first kappa shape index (κ1) is 21.5. The molecule has 0 radical (unpaired) electrons. The van der Waals surface area contributed by atoms with Gasteiger partial charge < -0.3 is 14.8 Å². The molecule has 0 heterocycles. The minimum absolute atomic E-state index is 0.118. The second-order valence-electron chi connectivity index (χ2n) is 4.85. The van der Waals surface area contributed by atoms with Gasteiger partial charge in [-0.1, -0.05) is 11.6 Å². The van der Waals surface area contributed by atoms with E-state index in [4.69, 9.17) is 16.3 Å². The first-order valence-electron chi connectivity index (χ1n) is 7.27. The molecule has 1 amide bonds. The third-order valence-electron chi connectivity index (χ3n) is 2.86. The molecule has 0 aliphatic heterocycles. The minimum Gasteiger partial charge on any atom is -0.463 e. The number of alkyl halides is 3. The molecule has 1 atom stereocenters. The number of rotatable bonds is 6. The zero-order chi connectivity index (χ0) is 19.9. The SMILES string of the molecule is CCOC(=O)/C=C/C(=O)O[C@@H](C)C(=O)Nc1cc(C(F)(F)F)ccc1Cl. The standard InChI is InChI=1S/C16H15ClF3NO5/c1-3-25-13(22)6-7-14(23)26-9(2)15(24)21-12-8-10(16(18,19)20)4-5-11(12)17/h4-9H,3H2,1-2H3,(H,21,24)/b7-6+/t9-/m0/s1. The molecule has 0 unspecified atom stereocenters. The van der Waals surface area contributed by atoms with Crippen LogP contribution in [-0.2, 0) is 30.0 Å². The van der Waals surface area contributed by atoms with Crippen molar-refractivity contribution in [1.82, 2.24) is 0 Å². The third-order valence-corrected chi connectivity index (χ3v) is 3.19. The molecule has 0 aliphatic rings. The number of ether oxygens (including phenoxy) is 2. The maximum absolute atomic E-state index is 12.7. The van der Waals surface area contributed by atoms with Crippen molar-refractivity contribution in [2.45, 2.75) is 26.1 Å². The van der Waals surface area contributed by atoms with Crippen LogP contribution in [0.25, 0.3) is 0 Å². The van der Waals surface area contributed by atoms with Crippen LogP contribution in [0.4, 0.5) is 18.9 Å². The number of anilines is 1. The summed E-state index contributed by atoms with van der Waals surface area (Å²) in [5.41, 5.74) is -1.28. The Morgan fingerprint density at radius 1 is 1.23 bits per heavy atom. The predicted molar refractivity (Wildman–Crippen MR) is 86.4 cm³/mol. The number of nitrogens with one attached hydrogen (secondary N) is 1. The first-order valence-corrected chi connectivity index (χ1v) is 7.65. The molecule has 0 aromatic heterocycles. The van der Waals surface area contributed by atoms with Gasteiger partial charge in [-0.05, 0) is 32.0 Å². The lowest BCUT2D eigenvalue weighted by Gasteiger charge is -2.15. The second kappa shape index (κ2) is 9.23. The van der Waals surface area contributed by atoms with Crippen LogP contribution >= 0.6 is 11.6 Å². The smallest absolute Gasteiger partial charge is 0.416 e. The van der Waals surface area contributed by atoms with Gasteiger partial charge in [0.25, 0.3) is 5.91 Å². The van der Waals surface area contributed by atoms with E-state index in [1.807, 2.05) is 0 Å². The van der Waals surface area contributed by atoms with E-state index in [1.165, 1.54) is 6.92 Å². The van der Waals surface area contributed by atoms with Crippen molar-refractivity contribution in [2.24, 2.45) is 0 Å². The summed E-state index contributed by atoms with van der Waals surface area (Å²) in [6.45, 7) is 2.90. The predicted octanol–water partition coefficient (Wildman–Crippen LogP) is 3.35. The fraction of sp³-hybridized carbons (Fsp3) is 0.312. The highest BCUT2D eigenvalue weighted by Crippen LogP contribution is 2.33. The van der Waals surface area contributed by atoms with Gasteiger partial charge in [0.05, 0.1) is 22.9 Å². The van der Waals surface area contributed by atoms with Crippen LogP contribution in [0.2, 0.25) is 5.02 Å². The van der Waals surface area contributed by atoms with Crippen molar-refractivity contribution in [3.8, 4) is 0 Å². The van der Waals surface area contributed by atoms with Gasteiger partial charge in [-0.2, -0.15) is 13.2 Å². The summed E-state index contributed by atoms with van der Waals surface area (Å²) in [5, 5.41) is 2.03. The average molecular weight is 394 g/mol. The minimum atomic E-state index is -4.61. The number of amides is 1. The van der Waals surface area contributed by atoms with Crippen LogP contribution in [0.5, 0.6) is 0 Å². The topological polar surface area (TPSA) is 81.7 Å². The van der Waals surface area contributed by atoms with E-state index in [1.54, 1.807) is 6.92 Å². The summed E-state index contributed by atoms with van der Waals surface area (Å²) in [4.78, 5) is 34.5. The Morgan fingerprint density at radius 3 is 2.42 bits per heavy atom. The molecule has 142 valence electrons. The number of benzene rings is 1. The summed E-state index contributed by atoms with van der Waals surface area (Å²) in [6.07, 6.45) is -4.38. The Balaban J connectivity index is 2.73. The number of esters is 2. The van der Waals surface area contributed by atoms with Crippen LogP contribution in [0, 0.1) is 0 Å². The Bertz CT molecular complexity index is 718. The van der Waals surface area contributed by atoms with Gasteiger partial charge in [0.15, 0.2) is 6.10 Å². The quantitative estimate of drug-likeness (QED) is 0.592. The monoisotopic (exact) mass is 393 g/mol. The number of hydrogen-bond donors (Lipinski definition) is 1. The van der Waals surface area contributed by atoms with E-state index in [9.17, 15) is 27.6 Å². The largest absolute Gasteiger partial charge is 0.463 e. The fourth-order valence-corrected chi connectivity index (χ4v) is 1.79. The molecular formula is C16H15ClF3NO5. The van der Waals surface area contributed by atoms with Gasteiger partial charge in [-0.3, -0.25) is 4.79 Å². The normalized spacial score (nSPS) is 12.5. The molecule has 26 heavy (non-hydrogen) atoms. The first-order chi connectivity index (χ1) is 12.0.